The number of nitrogens with zero attached hydrogens (tertiary/aromatic N) is 1. The second kappa shape index (κ2) is 19.4. The number of hydrogen-bond donors (Lipinski definition) is 0. The van der Waals surface area contributed by atoms with Gasteiger partial charge in [-0.05, 0) is 61.9 Å². The van der Waals surface area contributed by atoms with E-state index < -0.39 is 0 Å². The highest BCUT2D eigenvalue weighted by molar-refractivity contribution is 5.47. The monoisotopic (exact) mass is 465 g/mol. The Morgan fingerprint density at radius 3 is 1.71 bits per heavy atom. The van der Waals surface area contributed by atoms with Crippen molar-refractivity contribution in [3.05, 3.63) is 60.2 Å². The normalized spacial score (nSPS) is 11.0. The van der Waals surface area contributed by atoms with Gasteiger partial charge in [-0.1, -0.05) is 108 Å². The molecule has 0 spiro atoms. The quantitative estimate of drug-likeness (QED) is 0.170. The van der Waals surface area contributed by atoms with Gasteiger partial charge in [-0.15, -0.1) is 0 Å². The van der Waals surface area contributed by atoms with Gasteiger partial charge in [0.05, 0.1) is 6.61 Å². The van der Waals surface area contributed by atoms with Gasteiger partial charge in [-0.25, -0.2) is 0 Å². The van der Waals surface area contributed by atoms with Crippen LogP contribution in [-0.4, -0.2) is 19.7 Å². The van der Waals surface area contributed by atoms with Gasteiger partial charge in [0.2, 0.25) is 0 Å². The molecule has 0 atom stereocenters. The van der Waals surface area contributed by atoms with E-state index in [2.05, 4.69) is 43.0 Å². The number of para-hydroxylation sites is 1. The van der Waals surface area contributed by atoms with Gasteiger partial charge in [0, 0.05) is 18.8 Å². The molecule has 0 saturated carbocycles. The molecular weight excluding hydrogens is 414 g/mol. The third kappa shape index (κ3) is 13.1. The van der Waals surface area contributed by atoms with E-state index in [-0.39, 0.29) is 0 Å². The molecular formula is C32H51NO. The van der Waals surface area contributed by atoms with Crippen LogP contribution >= 0.6 is 0 Å². The zero-order chi connectivity index (χ0) is 24.1. The summed E-state index contributed by atoms with van der Waals surface area (Å²) in [6.07, 6.45) is 19.8. The van der Waals surface area contributed by atoms with E-state index in [1.807, 2.05) is 30.3 Å². The van der Waals surface area contributed by atoms with E-state index in [1.54, 1.807) is 0 Å². The molecule has 0 N–H and O–H groups in total. The zero-order valence-corrected chi connectivity index (χ0v) is 22.3. The van der Waals surface area contributed by atoms with Crippen molar-refractivity contribution in [2.45, 2.75) is 110 Å². The van der Waals surface area contributed by atoms with E-state index >= 15 is 0 Å². The molecule has 190 valence electrons. The zero-order valence-electron chi connectivity index (χ0n) is 22.3. The van der Waals surface area contributed by atoms with Crippen molar-refractivity contribution in [1.29, 1.82) is 0 Å². The topological polar surface area (TPSA) is 12.5 Å². The molecule has 2 aromatic carbocycles. The van der Waals surface area contributed by atoms with E-state index in [1.165, 1.54) is 108 Å². The molecule has 0 bridgehead atoms. The molecule has 0 radical (unpaired) electrons. The van der Waals surface area contributed by atoms with E-state index in [0.29, 0.717) is 0 Å². The molecule has 0 aliphatic rings. The summed E-state index contributed by atoms with van der Waals surface area (Å²) in [6, 6.07) is 19.6. The standard InChI is InChI=1S/C32H51NO/c1-3-5-7-9-11-17-27-33(28-18-12-10-8-6-4-2)31-25-23-30(24-26-31)20-16-19-29-34-32-21-14-13-15-22-32/h13-15,21-26H,3-12,16-20,27-29H2,1-2H3. The molecule has 0 aliphatic heterocycles. The molecule has 2 nitrogen and oxygen atoms in total. The van der Waals surface area contributed by atoms with Crippen LogP contribution in [0.15, 0.2) is 54.6 Å². The Balaban J connectivity index is 1.73. The van der Waals surface area contributed by atoms with Gasteiger partial charge >= 0.3 is 0 Å². The van der Waals surface area contributed by atoms with Crippen LogP contribution in [-0.2, 0) is 6.42 Å². The Labute approximate surface area is 211 Å². The highest BCUT2D eigenvalue weighted by Gasteiger charge is 2.07. The molecule has 2 rings (SSSR count). The fourth-order valence-electron chi connectivity index (χ4n) is 4.55. The van der Waals surface area contributed by atoms with Crippen molar-refractivity contribution in [2.24, 2.45) is 0 Å². The SMILES string of the molecule is CCCCCCCCN(CCCCCCCC)c1ccc(CCCCOc2ccccc2)cc1. The van der Waals surface area contributed by atoms with Crippen LogP contribution in [0.4, 0.5) is 5.69 Å². The third-order valence-electron chi connectivity index (χ3n) is 6.74. The van der Waals surface area contributed by atoms with Crippen molar-refractivity contribution in [3.63, 3.8) is 0 Å². The number of benzene rings is 2. The fourth-order valence-corrected chi connectivity index (χ4v) is 4.55. The summed E-state index contributed by atoms with van der Waals surface area (Å²) < 4.78 is 5.82. The highest BCUT2D eigenvalue weighted by atomic mass is 16.5. The van der Waals surface area contributed by atoms with Crippen LogP contribution < -0.4 is 9.64 Å². The first-order chi connectivity index (χ1) is 16.8. The van der Waals surface area contributed by atoms with Crippen LogP contribution in [0.2, 0.25) is 0 Å². The molecule has 2 aromatic rings. The molecule has 0 amide bonds. The first kappa shape index (κ1) is 28.3. The van der Waals surface area contributed by atoms with Crippen molar-refractivity contribution in [2.75, 3.05) is 24.6 Å². The maximum Gasteiger partial charge on any atom is 0.119 e. The summed E-state index contributed by atoms with van der Waals surface area (Å²) in [4.78, 5) is 2.65. The number of anilines is 1. The maximum absolute atomic E-state index is 5.82. The van der Waals surface area contributed by atoms with Gasteiger partial charge in [0.15, 0.2) is 0 Å². The van der Waals surface area contributed by atoms with Gasteiger partial charge in [-0.2, -0.15) is 0 Å². The second-order valence-corrected chi connectivity index (χ2v) is 9.81. The summed E-state index contributed by atoms with van der Waals surface area (Å²) in [5, 5.41) is 0. The molecule has 0 heterocycles. The number of rotatable bonds is 21. The molecule has 0 saturated heterocycles. The number of unbranched alkanes of at least 4 members (excludes halogenated alkanes) is 11. The first-order valence-electron chi connectivity index (χ1n) is 14.3. The maximum atomic E-state index is 5.82. The molecule has 0 aliphatic carbocycles. The Morgan fingerprint density at radius 1 is 0.559 bits per heavy atom. The minimum atomic E-state index is 0.798. The highest BCUT2D eigenvalue weighted by Crippen LogP contribution is 2.19. The van der Waals surface area contributed by atoms with E-state index in [0.717, 1.165) is 25.2 Å². The lowest BCUT2D eigenvalue weighted by Crippen LogP contribution is -2.25. The van der Waals surface area contributed by atoms with Crippen molar-refractivity contribution in [3.8, 4) is 5.75 Å². The van der Waals surface area contributed by atoms with Gasteiger partial charge in [0.1, 0.15) is 5.75 Å². The minimum Gasteiger partial charge on any atom is -0.494 e. The smallest absolute Gasteiger partial charge is 0.119 e. The summed E-state index contributed by atoms with van der Waals surface area (Å²) in [6.45, 7) is 7.80. The fraction of sp³-hybridized carbons (Fsp3) is 0.625. The van der Waals surface area contributed by atoms with Crippen LogP contribution in [0.25, 0.3) is 0 Å². The third-order valence-corrected chi connectivity index (χ3v) is 6.74. The van der Waals surface area contributed by atoms with Gasteiger partial charge in [-0.3, -0.25) is 0 Å². The Kier molecular flexibility index (Phi) is 16.1. The van der Waals surface area contributed by atoms with E-state index in [9.17, 15) is 0 Å². The molecule has 34 heavy (non-hydrogen) atoms. The van der Waals surface area contributed by atoms with Crippen LogP contribution in [0.1, 0.15) is 109 Å². The Bertz CT molecular complexity index is 681. The molecule has 0 unspecified atom stereocenters. The molecule has 0 fully saturated rings. The number of aryl methyl sites for hydroxylation is 1. The Morgan fingerprint density at radius 2 is 1.12 bits per heavy atom. The first-order valence-corrected chi connectivity index (χ1v) is 14.3. The summed E-state index contributed by atoms with van der Waals surface area (Å²) in [7, 11) is 0. The van der Waals surface area contributed by atoms with Gasteiger partial charge in [0.25, 0.3) is 0 Å². The largest absolute Gasteiger partial charge is 0.494 e. The lowest BCUT2D eigenvalue weighted by atomic mass is 10.1. The van der Waals surface area contributed by atoms with Gasteiger partial charge < -0.3 is 9.64 Å². The summed E-state index contributed by atoms with van der Waals surface area (Å²) in [5.41, 5.74) is 2.86. The predicted molar refractivity (Wildman–Crippen MR) is 150 cm³/mol. The summed E-state index contributed by atoms with van der Waals surface area (Å²) in [5.74, 6) is 0.975. The average molecular weight is 466 g/mol. The summed E-state index contributed by atoms with van der Waals surface area (Å²) >= 11 is 0. The van der Waals surface area contributed by atoms with Crippen molar-refractivity contribution < 1.29 is 4.74 Å². The van der Waals surface area contributed by atoms with Crippen molar-refractivity contribution >= 4 is 5.69 Å². The minimum absolute atomic E-state index is 0.798. The number of hydrogen-bond acceptors (Lipinski definition) is 2. The lowest BCUT2D eigenvalue weighted by Gasteiger charge is -2.25. The van der Waals surface area contributed by atoms with Crippen LogP contribution in [0, 0.1) is 0 Å². The average Bonchev–Trinajstić information content (AvgIpc) is 2.88. The number of ether oxygens (including phenoxy) is 1. The second-order valence-electron chi connectivity index (χ2n) is 9.81. The van der Waals surface area contributed by atoms with Crippen LogP contribution in [0.5, 0.6) is 5.75 Å². The Hall–Kier alpha value is -1.96. The lowest BCUT2D eigenvalue weighted by molar-refractivity contribution is 0.307. The predicted octanol–water partition coefficient (Wildman–Crippen LogP) is 9.62. The van der Waals surface area contributed by atoms with Crippen LogP contribution in [0.3, 0.4) is 0 Å². The van der Waals surface area contributed by atoms with Crippen molar-refractivity contribution in [1.82, 2.24) is 0 Å². The molecule has 0 aromatic heterocycles. The van der Waals surface area contributed by atoms with E-state index in [4.69, 9.17) is 4.74 Å². The molecule has 2 heteroatoms.